The zero-order valence-electron chi connectivity index (χ0n) is 10.3. The highest BCUT2D eigenvalue weighted by atomic mass is 15.2. The van der Waals surface area contributed by atoms with Gasteiger partial charge in [-0.2, -0.15) is 0 Å². The van der Waals surface area contributed by atoms with Gasteiger partial charge in [-0.15, -0.1) is 0 Å². The predicted octanol–water partition coefficient (Wildman–Crippen LogP) is 2.51. The van der Waals surface area contributed by atoms with E-state index in [1.54, 1.807) is 0 Å². The van der Waals surface area contributed by atoms with Gasteiger partial charge in [0.2, 0.25) is 0 Å². The second-order valence-corrected chi connectivity index (χ2v) is 4.70. The molecule has 2 heteroatoms. The maximum atomic E-state index is 3.60. The Bertz CT molecular complexity index is 310. The Morgan fingerprint density at radius 2 is 2.06 bits per heavy atom. The summed E-state index contributed by atoms with van der Waals surface area (Å²) in [5, 5.41) is 3.60. The zero-order chi connectivity index (χ0) is 11.4. The predicted molar refractivity (Wildman–Crippen MR) is 69.9 cm³/mol. The van der Waals surface area contributed by atoms with Crippen molar-refractivity contribution >= 4 is 5.69 Å². The van der Waals surface area contributed by atoms with Crippen LogP contribution in [-0.2, 0) is 0 Å². The molecule has 2 unspecified atom stereocenters. The van der Waals surface area contributed by atoms with Gasteiger partial charge < -0.3 is 10.2 Å². The number of benzene rings is 1. The van der Waals surface area contributed by atoms with Crippen molar-refractivity contribution < 1.29 is 0 Å². The average molecular weight is 218 g/mol. The standard InChI is InChI=1S/C14H22N2/c1-3-16(13-7-5-4-6-8-13)11-14-12(2)9-10-15-14/h4-8,12,14-15H,3,9-11H2,1-2H3. The van der Waals surface area contributed by atoms with Gasteiger partial charge >= 0.3 is 0 Å². The Morgan fingerprint density at radius 3 is 2.62 bits per heavy atom. The summed E-state index contributed by atoms with van der Waals surface area (Å²) in [6.07, 6.45) is 1.32. The van der Waals surface area contributed by atoms with Crippen LogP contribution in [0.4, 0.5) is 5.69 Å². The molecule has 0 spiro atoms. The molecule has 1 aromatic rings. The minimum absolute atomic E-state index is 0.653. The topological polar surface area (TPSA) is 15.3 Å². The van der Waals surface area contributed by atoms with Gasteiger partial charge in [-0.05, 0) is 37.9 Å². The van der Waals surface area contributed by atoms with Crippen LogP contribution in [0.25, 0.3) is 0 Å². The summed E-state index contributed by atoms with van der Waals surface area (Å²) in [5.41, 5.74) is 1.34. The molecule has 0 saturated carbocycles. The number of rotatable bonds is 4. The van der Waals surface area contributed by atoms with Gasteiger partial charge in [0.15, 0.2) is 0 Å². The van der Waals surface area contributed by atoms with Crippen molar-refractivity contribution in [1.29, 1.82) is 0 Å². The molecule has 88 valence electrons. The van der Waals surface area contributed by atoms with Crippen LogP contribution in [0.2, 0.25) is 0 Å². The quantitative estimate of drug-likeness (QED) is 0.835. The van der Waals surface area contributed by atoms with Crippen molar-refractivity contribution in [3.05, 3.63) is 30.3 Å². The summed E-state index contributed by atoms with van der Waals surface area (Å²) in [6, 6.07) is 11.4. The Morgan fingerprint density at radius 1 is 1.31 bits per heavy atom. The van der Waals surface area contributed by atoms with Crippen molar-refractivity contribution in [2.45, 2.75) is 26.3 Å². The maximum absolute atomic E-state index is 3.60. The molecule has 2 nitrogen and oxygen atoms in total. The molecule has 1 aliphatic rings. The number of hydrogen-bond donors (Lipinski definition) is 1. The van der Waals surface area contributed by atoms with Crippen molar-refractivity contribution in [3.63, 3.8) is 0 Å². The van der Waals surface area contributed by atoms with Crippen molar-refractivity contribution in [1.82, 2.24) is 5.32 Å². The largest absolute Gasteiger partial charge is 0.370 e. The number of nitrogens with zero attached hydrogens (tertiary/aromatic N) is 1. The normalized spacial score (nSPS) is 24.6. The van der Waals surface area contributed by atoms with Crippen LogP contribution in [0, 0.1) is 5.92 Å². The average Bonchev–Trinajstić information content (AvgIpc) is 2.73. The van der Waals surface area contributed by atoms with E-state index in [4.69, 9.17) is 0 Å². The molecular weight excluding hydrogens is 196 g/mol. The summed E-state index contributed by atoms with van der Waals surface area (Å²) in [4.78, 5) is 2.46. The van der Waals surface area contributed by atoms with Crippen molar-refractivity contribution in [2.24, 2.45) is 5.92 Å². The summed E-state index contributed by atoms with van der Waals surface area (Å²) in [5.74, 6) is 0.803. The van der Waals surface area contributed by atoms with Crippen LogP contribution in [0.15, 0.2) is 30.3 Å². The van der Waals surface area contributed by atoms with E-state index in [9.17, 15) is 0 Å². The van der Waals surface area contributed by atoms with Crippen molar-refractivity contribution in [3.8, 4) is 0 Å². The fourth-order valence-corrected chi connectivity index (χ4v) is 2.44. The highest BCUT2D eigenvalue weighted by Gasteiger charge is 2.24. The Hall–Kier alpha value is -1.02. The summed E-state index contributed by atoms with van der Waals surface area (Å²) in [7, 11) is 0. The lowest BCUT2D eigenvalue weighted by molar-refractivity contribution is 0.477. The number of nitrogens with one attached hydrogen (secondary N) is 1. The van der Waals surface area contributed by atoms with E-state index in [-0.39, 0.29) is 0 Å². The van der Waals surface area contributed by atoms with Crippen molar-refractivity contribution in [2.75, 3.05) is 24.5 Å². The van der Waals surface area contributed by atoms with Crippen LogP contribution in [-0.4, -0.2) is 25.7 Å². The SMILES string of the molecule is CCN(CC1NCCC1C)c1ccccc1. The van der Waals surface area contributed by atoms with E-state index >= 15 is 0 Å². The lowest BCUT2D eigenvalue weighted by Crippen LogP contribution is -2.40. The molecule has 1 N–H and O–H groups in total. The molecule has 1 aromatic carbocycles. The van der Waals surface area contributed by atoms with Gasteiger partial charge in [0.05, 0.1) is 0 Å². The number of hydrogen-bond acceptors (Lipinski definition) is 2. The first-order valence-corrected chi connectivity index (χ1v) is 6.34. The Kier molecular flexibility index (Phi) is 3.83. The van der Waals surface area contributed by atoms with Gasteiger partial charge in [0.1, 0.15) is 0 Å². The molecule has 1 fully saturated rings. The fourth-order valence-electron chi connectivity index (χ4n) is 2.44. The molecule has 0 bridgehead atoms. The van der Waals surface area contributed by atoms with E-state index in [0.717, 1.165) is 19.0 Å². The first-order valence-electron chi connectivity index (χ1n) is 6.34. The Balaban J connectivity index is 2.00. The third-order valence-corrected chi connectivity index (χ3v) is 3.61. The molecule has 1 saturated heterocycles. The van der Waals surface area contributed by atoms with Crippen LogP contribution < -0.4 is 10.2 Å². The molecule has 1 heterocycles. The highest BCUT2D eigenvalue weighted by Crippen LogP contribution is 2.19. The summed E-state index contributed by atoms with van der Waals surface area (Å²) >= 11 is 0. The minimum Gasteiger partial charge on any atom is -0.370 e. The van der Waals surface area contributed by atoms with Crippen LogP contribution in [0.5, 0.6) is 0 Å². The molecule has 0 aliphatic carbocycles. The Labute approximate surface area is 98.7 Å². The second kappa shape index (κ2) is 5.35. The van der Waals surface area contributed by atoms with E-state index in [2.05, 4.69) is 54.4 Å². The van der Waals surface area contributed by atoms with Gasteiger partial charge in [-0.3, -0.25) is 0 Å². The molecular formula is C14H22N2. The molecule has 0 amide bonds. The van der Waals surface area contributed by atoms with E-state index < -0.39 is 0 Å². The molecule has 1 aliphatic heterocycles. The highest BCUT2D eigenvalue weighted by molar-refractivity contribution is 5.46. The molecule has 2 rings (SSSR count). The number of likely N-dealkylation sites (N-methyl/N-ethyl adjacent to an activating group) is 1. The lowest BCUT2D eigenvalue weighted by atomic mass is 10.0. The summed E-state index contributed by atoms with van der Waals surface area (Å²) < 4.78 is 0. The second-order valence-electron chi connectivity index (χ2n) is 4.70. The maximum Gasteiger partial charge on any atom is 0.0366 e. The van der Waals surface area contributed by atoms with E-state index in [1.165, 1.54) is 18.7 Å². The van der Waals surface area contributed by atoms with Crippen LogP contribution in [0.1, 0.15) is 20.3 Å². The molecule has 0 radical (unpaired) electrons. The zero-order valence-corrected chi connectivity index (χ0v) is 10.3. The third-order valence-electron chi connectivity index (χ3n) is 3.61. The minimum atomic E-state index is 0.653. The fraction of sp³-hybridized carbons (Fsp3) is 0.571. The van der Waals surface area contributed by atoms with Gasteiger partial charge in [0, 0.05) is 24.8 Å². The lowest BCUT2D eigenvalue weighted by Gasteiger charge is -2.28. The molecule has 2 atom stereocenters. The van der Waals surface area contributed by atoms with Crippen LogP contribution >= 0.6 is 0 Å². The molecule has 0 aromatic heterocycles. The monoisotopic (exact) mass is 218 g/mol. The summed E-state index contributed by atoms with van der Waals surface area (Å²) in [6.45, 7) is 7.96. The third kappa shape index (κ3) is 2.56. The first kappa shape index (κ1) is 11.5. The van der Waals surface area contributed by atoms with Gasteiger partial charge in [-0.1, -0.05) is 25.1 Å². The smallest absolute Gasteiger partial charge is 0.0366 e. The van der Waals surface area contributed by atoms with Gasteiger partial charge in [-0.25, -0.2) is 0 Å². The van der Waals surface area contributed by atoms with E-state index in [0.29, 0.717) is 6.04 Å². The van der Waals surface area contributed by atoms with E-state index in [1.807, 2.05) is 0 Å². The molecule has 16 heavy (non-hydrogen) atoms. The number of anilines is 1. The van der Waals surface area contributed by atoms with Crippen LogP contribution in [0.3, 0.4) is 0 Å². The van der Waals surface area contributed by atoms with Gasteiger partial charge in [0.25, 0.3) is 0 Å². The number of para-hydroxylation sites is 1. The first-order chi connectivity index (χ1) is 7.81.